The number of hydrogen-bond donors (Lipinski definition) is 1. The summed E-state index contributed by atoms with van der Waals surface area (Å²) in [4.78, 5) is 12.8. The lowest BCUT2D eigenvalue weighted by Gasteiger charge is -2.21. The van der Waals surface area contributed by atoms with E-state index in [4.69, 9.17) is 5.11 Å². The van der Waals surface area contributed by atoms with Gasteiger partial charge in [-0.25, -0.2) is 8.78 Å². The molecule has 0 saturated carbocycles. The fourth-order valence-electron chi connectivity index (χ4n) is 1.71. The summed E-state index contributed by atoms with van der Waals surface area (Å²) < 4.78 is 25.5. The van der Waals surface area contributed by atoms with Crippen molar-refractivity contribution in [3.05, 3.63) is 34.3 Å². The lowest BCUT2D eigenvalue weighted by atomic mass is 10.1. The van der Waals surface area contributed by atoms with Crippen LogP contribution in [0.15, 0.2) is 28.7 Å². The maximum Gasteiger partial charge on any atom is 0.255 e. The predicted molar refractivity (Wildman–Crippen MR) is 72.1 cm³/mol. The summed E-state index contributed by atoms with van der Waals surface area (Å²) in [5.74, 6) is -0.366. The number of amides is 1. The summed E-state index contributed by atoms with van der Waals surface area (Å²) in [5, 5.41) is 8.78. The molecule has 1 amide bonds. The highest BCUT2D eigenvalue weighted by Gasteiger charge is 2.17. The molecule has 0 radical (unpaired) electrons. The zero-order valence-corrected chi connectivity index (χ0v) is 11.9. The van der Waals surface area contributed by atoms with Gasteiger partial charge in [0.2, 0.25) is 5.91 Å². The van der Waals surface area contributed by atoms with Crippen LogP contribution in [0.3, 0.4) is 0 Å². The second-order valence-corrected chi connectivity index (χ2v) is 5.00. The second kappa shape index (κ2) is 8.22. The van der Waals surface area contributed by atoms with Gasteiger partial charge in [0.15, 0.2) is 0 Å². The van der Waals surface area contributed by atoms with Crippen molar-refractivity contribution in [2.75, 3.05) is 19.7 Å². The first kappa shape index (κ1) is 16.0. The molecule has 1 rings (SSSR count). The number of hydrogen-bond acceptors (Lipinski definition) is 2. The Labute approximate surface area is 119 Å². The van der Waals surface area contributed by atoms with Gasteiger partial charge >= 0.3 is 0 Å². The first-order chi connectivity index (χ1) is 9.02. The van der Waals surface area contributed by atoms with E-state index in [-0.39, 0.29) is 25.5 Å². The van der Waals surface area contributed by atoms with Gasteiger partial charge in [0.25, 0.3) is 6.43 Å². The molecule has 0 atom stereocenters. The Kier molecular flexibility index (Phi) is 6.94. The normalized spacial score (nSPS) is 10.8. The third-order valence-electron chi connectivity index (χ3n) is 2.60. The lowest BCUT2D eigenvalue weighted by Crippen LogP contribution is -2.37. The Morgan fingerprint density at radius 2 is 2.16 bits per heavy atom. The van der Waals surface area contributed by atoms with Crippen LogP contribution < -0.4 is 0 Å². The van der Waals surface area contributed by atoms with Crippen molar-refractivity contribution in [1.82, 2.24) is 4.90 Å². The molecule has 6 heteroatoms. The average molecular weight is 336 g/mol. The monoisotopic (exact) mass is 335 g/mol. The van der Waals surface area contributed by atoms with Crippen LogP contribution in [0.4, 0.5) is 8.78 Å². The van der Waals surface area contributed by atoms with E-state index in [0.29, 0.717) is 6.42 Å². The lowest BCUT2D eigenvalue weighted by molar-refractivity contribution is -0.133. The van der Waals surface area contributed by atoms with E-state index in [9.17, 15) is 13.6 Å². The maximum atomic E-state index is 12.3. The van der Waals surface area contributed by atoms with Crippen LogP contribution in [-0.2, 0) is 11.2 Å². The van der Waals surface area contributed by atoms with Gasteiger partial charge in [0.1, 0.15) is 0 Å². The fourth-order valence-corrected chi connectivity index (χ4v) is 2.15. The minimum absolute atomic E-state index is 0.0539. The topological polar surface area (TPSA) is 40.5 Å². The number of aliphatic hydroxyl groups is 1. The highest BCUT2D eigenvalue weighted by atomic mass is 79.9. The zero-order chi connectivity index (χ0) is 14.3. The number of aliphatic hydroxyl groups excluding tert-OH is 1. The Hall–Kier alpha value is -1.01. The molecule has 0 heterocycles. The fraction of sp³-hybridized carbons (Fsp3) is 0.462. The van der Waals surface area contributed by atoms with Crippen LogP contribution in [0.1, 0.15) is 12.0 Å². The van der Waals surface area contributed by atoms with Gasteiger partial charge in [-0.1, -0.05) is 28.1 Å². The number of nitrogens with zero attached hydrogens (tertiary/aromatic N) is 1. The van der Waals surface area contributed by atoms with Gasteiger partial charge in [0, 0.05) is 17.4 Å². The summed E-state index contributed by atoms with van der Waals surface area (Å²) in [6, 6.07) is 7.49. The van der Waals surface area contributed by atoms with Gasteiger partial charge < -0.3 is 10.0 Å². The Balaban J connectivity index is 2.52. The van der Waals surface area contributed by atoms with Gasteiger partial charge in [-0.15, -0.1) is 0 Å². The smallest absolute Gasteiger partial charge is 0.255 e. The predicted octanol–water partition coefficient (Wildman–Crippen LogP) is 2.47. The van der Waals surface area contributed by atoms with Gasteiger partial charge in [-0.05, 0) is 24.1 Å². The van der Waals surface area contributed by atoms with E-state index in [1.54, 1.807) is 0 Å². The number of aryl methyl sites for hydroxylation is 1. The zero-order valence-electron chi connectivity index (χ0n) is 10.4. The summed E-state index contributed by atoms with van der Waals surface area (Å²) in [5.41, 5.74) is 0.962. The highest BCUT2D eigenvalue weighted by molar-refractivity contribution is 9.10. The third kappa shape index (κ3) is 6.11. The molecule has 0 spiro atoms. The minimum atomic E-state index is -2.58. The van der Waals surface area contributed by atoms with E-state index < -0.39 is 13.0 Å². The molecule has 0 saturated heterocycles. The van der Waals surface area contributed by atoms with Gasteiger partial charge in [0.05, 0.1) is 13.2 Å². The molecule has 0 aliphatic heterocycles. The van der Waals surface area contributed by atoms with E-state index in [1.165, 1.54) is 0 Å². The number of rotatable bonds is 7. The highest BCUT2D eigenvalue weighted by Crippen LogP contribution is 2.13. The maximum absolute atomic E-state index is 12.3. The summed E-state index contributed by atoms with van der Waals surface area (Å²) in [7, 11) is 0. The SMILES string of the molecule is O=C(CCc1cccc(Br)c1)N(CCO)CC(F)F. The van der Waals surface area contributed by atoms with E-state index in [2.05, 4.69) is 15.9 Å². The first-order valence-corrected chi connectivity index (χ1v) is 6.73. The molecule has 19 heavy (non-hydrogen) atoms. The summed E-state index contributed by atoms with van der Waals surface area (Å²) in [6.07, 6.45) is -1.94. The van der Waals surface area contributed by atoms with Crippen LogP contribution in [0.5, 0.6) is 0 Å². The van der Waals surface area contributed by atoms with Crippen LogP contribution >= 0.6 is 15.9 Å². The molecule has 3 nitrogen and oxygen atoms in total. The van der Waals surface area contributed by atoms with Crippen LogP contribution in [0, 0.1) is 0 Å². The van der Waals surface area contributed by atoms with Crippen molar-refractivity contribution in [1.29, 1.82) is 0 Å². The van der Waals surface area contributed by atoms with Gasteiger partial charge in [-0.2, -0.15) is 0 Å². The molecule has 0 aromatic heterocycles. The number of alkyl halides is 2. The molecule has 1 aromatic rings. The number of carbonyl (C=O) groups excluding carboxylic acids is 1. The average Bonchev–Trinajstić information content (AvgIpc) is 2.35. The molecular weight excluding hydrogens is 320 g/mol. The molecule has 1 aromatic carbocycles. The van der Waals surface area contributed by atoms with E-state index in [0.717, 1.165) is 14.9 Å². The van der Waals surface area contributed by atoms with Crippen molar-refractivity contribution in [2.24, 2.45) is 0 Å². The Morgan fingerprint density at radius 1 is 1.42 bits per heavy atom. The quantitative estimate of drug-likeness (QED) is 0.831. The first-order valence-electron chi connectivity index (χ1n) is 5.94. The number of halogens is 3. The molecule has 0 fully saturated rings. The molecular formula is C13H16BrF2NO2. The Morgan fingerprint density at radius 3 is 2.74 bits per heavy atom. The minimum Gasteiger partial charge on any atom is -0.395 e. The largest absolute Gasteiger partial charge is 0.395 e. The summed E-state index contributed by atoms with van der Waals surface area (Å²) >= 11 is 3.33. The number of benzene rings is 1. The molecule has 0 unspecified atom stereocenters. The van der Waals surface area contributed by atoms with Crippen molar-refractivity contribution in [3.8, 4) is 0 Å². The molecule has 1 N–H and O–H groups in total. The van der Waals surface area contributed by atoms with Crippen LogP contribution in [-0.4, -0.2) is 42.0 Å². The van der Waals surface area contributed by atoms with Crippen molar-refractivity contribution in [3.63, 3.8) is 0 Å². The van der Waals surface area contributed by atoms with Crippen LogP contribution in [0.2, 0.25) is 0 Å². The van der Waals surface area contributed by atoms with Crippen molar-refractivity contribution >= 4 is 21.8 Å². The number of carbonyl (C=O) groups is 1. The standard InChI is InChI=1S/C13H16BrF2NO2/c14-11-3-1-2-10(8-11)4-5-13(19)17(6-7-18)9-12(15)16/h1-3,8,12,18H,4-7,9H2. The van der Waals surface area contributed by atoms with Gasteiger partial charge in [-0.3, -0.25) is 4.79 Å². The van der Waals surface area contributed by atoms with E-state index in [1.807, 2.05) is 24.3 Å². The molecule has 0 aliphatic rings. The van der Waals surface area contributed by atoms with Crippen LogP contribution in [0.25, 0.3) is 0 Å². The second-order valence-electron chi connectivity index (χ2n) is 4.08. The van der Waals surface area contributed by atoms with E-state index >= 15 is 0 Å². The molecule has 106 valence electrons. The third-order valence-corrected chi connectivity index (χ3v) is 3.09. The molecule has 0 aliphatic carbocycles. The molecule has 0 bridgehead atoms. The summed E-state index contributed by atoms with van der Waals surface area (Å²) in [6.45, 7) is -0.991. The van der Waals surface area contributed by atoms with Crippen molar-refractivity contribution < 1.29 is 18.7 Å². The van der Waals surface area contributed by atoms with Crippen molar-refractivity contribution in [2.45, 2.75) is 19.3 Å². The Bertz CT molecular complexity index is 415.